The Hall–Kier alpha value is -1.66. The van der Waals surface area contributed by atoms with E-state index in [1.165, 1.54) is 17.4 Å². The first-order chi connectivity index (χ1) is 9.28. The summed E-state index contributed by atoms with van der Waals surface area (Å²) in [5.41, 5.74) is 0.983. The SMILES string of the molecule is CCSc1nnc(NC(=O)/C=C\c2ccccc2)s1. The Morgan fingerprint density at radius 1 is 1.37 bits per heavy atom. The number of carbonyl (C=O) groups is 1. The van der Waals surface area contributed by atoms with E-state index in [2.05, 4.69) is 15.5 Å². The number of thioether (sulfide) groups is 1. The van der Waals surface area contributed by atoms with E-state index in [1.807, 2.05) is 37.3 Å². The fourth-order valence-corrected chi connectivity index (χ4v) is 2.98. The lowest BCUT2D eigenvalue weighted by Gasteiger charge is -1.94. The molecule has 0 bridgehead atoms. The summed E-state index contributed by atoms with van der Waals surface area (Å²) in [5, 5.41) is 11.1. The number of carbonyl (C=O) groups excluding carboxylic acids is 1. The van der Waals surface area contributed by atoms with Gasteiger partial charge in [0, 0.05) is 6.08 Å². The molecule has 1 aromatic carbocycles. The van der Waals surface area contributed by atoms with Crippen LogP contribution in [-0.4, -0.2) is 21.9 Å². The maximum Gasteiger partial charge on any atom is 0.250 e. The average Bonchev–Trinajstić information content (AvgIpc) is 2.85. The van der Waals surface area contributed by atoms with Gasteiger partial charge in [0.2, 0.25) is 11.0 Å². The largest absolute Gasteiger partial charge is 0.297 e. The lowest BCUT2D eigenvalue weighted by molar-refractivity contribution is -0.111. The van der Waals surface area contributed by atoms with Crippen LogP contribution in [0, 0.1) is 0 Å². The Balaban J connectivity index is 1.92. The molecule has 98 valence electrons. The molecule has 0 aliphatic carbocycles. The lowest BCUT2D eigenvalue weighted by atomic mass is 10.2. The number of aromatic nitrogens is 2. The van der Waals surface area contributed by atoms with Crippen LogP contribution in [0.25, 0.3) is 6.08 Å². The van der Waals surface area contributed by atoms with Crippen molar-refractivity contribution in [1.29, 1.82) is 0 Å². The molecule has 4 nitrogen and oxygen atoms in total. The standard InChI is InChI=1S/C13H13N3OS2/c1-2-18-13-16-15-12(19-13)14-11(17)9-8-10-6-4-3-5-7-10/h3-9H,2H2,1H3,(H,14,15,17)/b9-8-. The topological polar surface area (TPSA) is 54.9 Å². The van der Waals surface area contributed by atoms with Crippen molar-refractivity contribution in [3.8, 4) is 0 Å². The number of anilines is 1. The zero-order chi connectivity index (χ0) is 13.5. The Morgan fingerprint density at radius 2 is 2.16 bits per heavy atom. The van der Waals surface area contributed by atoms with Gasteiger partial charge in [-0.2, -0.15) is 0 Å². The molecule has 0 unspecified atom stereocenters. The van der Waals surface area contributed by atoms with Gasteiger partial charge in [-0.3, -0.25) is 10.1 Å². The summed E-state index contributed by atoms with van der Waals surface area (Å²) in [6, 6.07) is 9.66. The van der Waals surface area contributed by atoms with Gasteiger partial charge in [0.15, 0.2) is 4.34 Å². The third-order valence-electron chi connectivity index (χ3n) is 2.13. The second-order valence-electron chi connectivity index (χ2n) is 3.54. The molecule has 0 fully saturated rings. The maximum atomic E-state index is 11.7. The van der Waals surface area contributed by atoms with Crippen LogP contribution in [0.5, 0.6) is 0 Å². The first-order valence-electron chi connectivity index (χ1n) is 5.78. The van der Waals surface area contributed by atoms with Crippen LogP contribution in [0.3, 0.4) is 0 Å². The molecule has 0 atom stereocenters. The lowest BCUT2D eigenvalue weighted by Crippen LogP contribution is -2.07. The van der Waals surface area contributed by atoms with Gasteiger partial charge in [0.05, 0.1) is 0 Å². The van der Waals surface area contributed by atoms with E-state index in [0.29, 0.717) is 5.13 Å². The molecule has 6 heteroatoms. The highest BCUT2D eigenvalue weighted by Crippen LogP contribution is 2.24. The minimum Gasteiger partial charge on any atom is -0.297 e. The van der Waals surface area contributed by atoms with E-state index in [0.717, 1.165) is 15.7 Å². The van der Waals surface area contributed by atoms with Crippen molar-refractivity contribution in [2.75, 3.05) is 11.1 Å². The summed E-state index contributed by atoms with van der Waals surface area (Å²) in [6.45, 7) is 2.05. The minimum absolute atomic E-state index is 0.201. The smallest absolute Gasteiger partial charge is 0.250 e. The minimum atomic E-state index is -0.201. The highest BCUT2D eigenvalue weighted by atomic mass is 32.2. The molecular weight excluding hydrogens is 278 g/mol. The summed E-state index contributed by atoms with van der Waals surface area (Å²) in [4.78, 5) is 11.7. The Labute approximate surface area is 120 Å². The third kappa shape index (κ3) is 4.50. The van der Waals surface area contributed by atoms with Crippen molar-refractivity contribution >= 4 is 40.2 Å². The van der Waals surface area contributed by atoms with Gasteiger partial charge in [0.1, 0.15) is 0 Å². The molecule has 0 saturated carbocycles. The zero-order valence-corrected chi connectivity index (χ0v) is 12.0. The highest BCUT2D eigenvalue weighted by molar-refractivity contribution is 8.01. The zero-order valence-electron chi connectivity index (χ0n) is 10.4. The molecule has 2 aromatic rings. The van der Waals surface area contributed by atoms with Gasteiger partial charge < -0.3 is 0 Å². The summed E-state index contributed by atoms with van der Waals surface area (Å²) in [7, 11) is 0. The number of nitrogens with one attached hydrogen (secondary N) is 1. The van der Waals surface area contributed by atoms with E-state index in [-0.39, 0.29) is 5.91 Å². The summed E-state index contributed by atoms with van der Waals surface area (Å²) < 4.78 is 0.866. The molecule has 0 aliphatic heterocycles. The maximum absolute atomic E-state index is 11.7. The van der Waals surface area contributed by atoms with Crippen molar-refractivity contribution in [3.05, 3.63) is 42.0 Å². The number of hydrogen-bond acceptors (Lipinski definition) is 5. The van der Waals surface area contributed by atoms with Crippen LogP contribution in [0.15, 0.2) is 40.7 Å². The molecule has 19 heavy (non-hydrogen) atoms. The number of rotatable bonds is 5. The van der Waals surface area contributed by atoms with Gasteiger partial charge in [0.25, 0.3) is 0 Å². The van der Waals surface area contributed by atoms with Gasteiger partial charge >= 0.3 is 0 Å². The normalized spacial score (nSPS) is 10.8. The average molecular weight is 291 g/mol. The van der Waals surface area contributed by atoms with E-state index in [9.17, 15) is 4.79 Å². The van der Waals surface area contributed by atoms with E-state index in [4.69, 9.17) is 0 Å². The number of amides is 1. The molecule has 0 aliphatic rings. The first kappa shape index (κ1) is 13.8. The number of hydrogen-bond donors (Lipinski definition) is 1. The molecule has 1 aromatic heterocycles. The van der Waals surface area contributed by atoms with Crippen LogP contribution in [-0.2, 0) is 4.79 Å². The third-order valence-corrected chi connectivity index (χ3v) is 3.99. The van der Waals surface area contributed by atoms with Crippen LogP contribution >= 0.6 is 23.1 Å². The predicted octanol–water partition coefficient (Wildman–Crippen LogP) is 3.30. The summed E-state index contributed by atoms with van der Waals surface area (Å²) >= 11 is 2.99. The fraction of sp³-hybridized carbons (Fsp3) is 0.154. The van der Waals surface area contributed by atoms with Crippen LogP contribution < -0.4 is 5.32 Å². The predicted molar refractivity (Wildman–Crippen MR) is 80.4 cm³/mol. The van der Waals surface area contributed by atoms with Gasteiger partial charge in [-0.15, -0.1) is 10.2 Å². The summed E-state index contributed by atoms with van der Waals surface area (Å²) in [5.74, 6) is 0.740. The first-order valence-corrected chi connectivity index (χ1v) is 7.58. The Morgan fingerprint density at radius 3 is 2.89 bits per heavy atom. The second-order valence-corrected chi connectivity index (χ2v) is 6.03. The second kappa shape index (κ2) is 7.06. The van der Waals surface area contributed by atoms with Gasteiger partial charge in [-0.25, -0.2) is 0 Å². The highest BCUT2D eigenvalue weighted by Gasteiger charge is 2.05. The van der Waals surface area contributed by atoms with E-state index < -0.39 is 0 Å². The van der Waals surface area contributed by atoms with Crippen molar-refractivity contribution in [2.45, 2.75) is 11.3 Å². The van der Waals surface area contributed by atoms with Crippen molar-refractivity contribution in [1.82, 2.24) is 10.2 Å². The number of nitrogens with zero attached hydrogens (tertiary/aromatic N) is 2. The van der Waals surface area contributed by atoms with E-state index >= 15 is 0 Å². The van der Waals surface area contributed by atoms with Crippen molar-refractivity contribution < 1.29 is 4.79 Å². The quantitative estimate of drug-likeness (QED) is 0.522. The van der Waals surface area contributed by atoms with Gasteiger partial charge in [-0.05, 0) is 17.4 Å². The van der Waals surface area contributed by atoms with Crippen LogP contribution in [0.4, 0.5) is 5.13 Å². The number of benzene rings is 1. The molecule has 1 heterocycles. The van der Waals surface area contributed by atoms with Crippen molar-refractivity contribution in [3.63, 3.8) is 0 Å². The van der Waals surface area contributed by atoms with Crippen LogP contribution in [0.2, 0.25) is 0 Å². The molecule has 0 radical (unpaired) electrons. The van der Waals surface area contributed by atoms with Crippen molar-refractivity contribution in [2.24, 2.45) is 0 Å². The van der Waals surface area contributed by atoms with E-state index in [1.54, 1.807) is 17.8 Å². The molecule has 0 spiro atoms. The van der Waals surface area contributed by atoms with Gasteiger partial charge in [-0.1, -0.05) is 60.4 Å². The molecule has 2 rings (SSSR count). The molecule has 0 saturated heterocycles. The molecular formula is C13H13N3OS2. The fourth-order valence-electron chi connectivity index (χ4n) is 1.33. The molecule has 1 amide bonds. The Bertz CT molecular complexity index is 566. The van der Waals surface area contributed by atoms with Crippen LogP contribution in [0.1, 0.15) is 12.5 Å². The Kier molecular flexibility index (Phi) is 5.11. The summed E-state index contributed by atoms with van der Waals surface area (Å²) in [6.07, 6.45) is 3.25. The monoisotopic (exact) mass is 291 g/mol. The molecule has 1 N–H and O–H groups in total.